The number of likely N-dealkylation sites (N-methyl/N-ethyl adjacent to an activating group) is 1. The zero-order chi connectivity index (χ0) is 44.3. The van der Waals surface area contributed by atoms with Crippen LogP contribution >= 0.6 is 7.82 Å². The number of ether oxygens (including phenoxy) is 2. The Morgan fingerprint density at radius 1 is 0.767 bits per heavy atom. The smallest absolute Gasteiger partial charge is 0.462 e. The Morgan fingerprint density at radius 2 is 1.33 bits per heavy atom. The first-order valence-electron chi connectivity index (χ1n) is 22.4. The molecule has 0 aliphatic heterocycles. The van der Waals surface area contributed by atoms with Gasteiger partial charge in [0.15, 0.2) is 11.9 Å². The summed E-state index contributed by atoms with van der Waals surface area (Å²) in [6, 6.07) is 0. The van der Waals surface area contributed by atoms with Crippen LogP contribution in [-0.2, 0) is 37.5 Å². The largest absolute Gasteiger partial charge is 0.472 e. The van der Waals surface area contributed by atoms with Gasteiger partial charge in [0.1, 0.15) is 19.8 Å². The van der Waals surface area contributed by atoms with Crippen LogP contribution in [0.3, 0.4) is 0 Å². The lowest BCUT2D eigenvalue weighted by Crippen LogP contribution is -2.37. The number of aliphatic hydroxyl groups excluding tert-OH is 1. The predicted molar refractivity (Wildman–Crippen MR) is 242 cm³/mol. The van der Waals surface area contributed by atoms with E-state index in [2.05, 4.69) is 56.4 Å². The molecule has 0 aromatic rings. The zero-order valence-electron chi connectivity index (χ0n) is 37.5. The molecular formula is C48H79NO10P+. The van der Waals surface area contributed by atoms with Crippen molar-refractivity contribution in [2.75, 3.05) is 47.5 Å². The van der Waals surface area contributed by atoms with Gasteiger partial charge in [-0.3, -0.25) is 23.4 Å². The van der Waals surface area contributed by atoms with Crippen LogP contribution in [0.2, 0.25) is 0 Å². The summed E-state index contributed by atoms with van der Waals surface area (Å²) < 4.78 is 34.2. The number of quaternary nitrogens is 1. The van der Waals surface area contributed by atoms with Crippen LogP contribution in [0.25, 0.3) is 0 Å². The van der Waals surface area contributed by atoms with Crippen molar-refractivity contribution in [3.05, 3.63) is 85.1 Å². The Hall–Kier alpha value is -3.18. The van der Waals surface area contributed by atoms with E-state index in [1.54, 1.807) is 12.2 Å². The molecule has 0 bridgehead atoms. The van der Waals surface area contributed by atoms with Crippen LogP contribution in [-0.4, -0.2) is 91.9 Å². The van der Waals surface area contributed by atoms with E-state index in [1.807, 2.05) is 51.5 Å². The number of unbranched alkanes of at least 4 members (excludes halogenated alkanes) is 7. The van der Waals surface area contributed by atoms with Crippen molar-refractivity contribution < 1.29 is 52.0 Å². The van der Waals surface area contributed by atoms with Crippen molar-refractivity contribution in [2.45, 2.75) is 142 Å². The molecule has 1 aliphatic carbocycles. The van der Waals surface area contributed by atoms with Gasteiger partial charge in [-0.2, -0.15) is 0 Å². The molecule has 11 nitrogen and oxygen atoms in total. The Kier molecular flexibility index (Phi) is 31.5. The molecule has 0 spiro atoms. The highest BCUT2D eigenvalue weighted by Gasteiger charge is 2.28. The molecule has 1 rings (SSSR count). The molecule has 0 heterocycles. The molecule has 0 saturated heterocycles. The van der Waals surface area contributed by atoms with Crippen LogP contribution < -0.4 is 0 Å². The Balaban J connectivity index is 2.52. The normalized spacial score (nSPS) is 18.3. The van der Waals surface area contributed by atoms with Gasteiger partial charge in [-0.05, 0) is 82.6 Å². The molecule has 0 radical (unpaired) electrons. The van der Waals surface area contributed by atoms with Crippen LogP contribution in [0.15, 0.2) is 85.1 Å². The number of phosphoric ester groups is 1. The molecule has 0 aromatic carbocycles. The third-order valence-corrected chi connectivity index (χ3v) is 10.6. The fraction of sp³-hybridized carbons (Fsp3) is 0.646. The van der Waals surface area contributed by atoms with Crippen molar-refractivity contribution in [1.82, 2.24) is 0 Å². The third-order valence-electron chi connectivity index (χ3n) is 9.65. The highest BCUT2D eigenvalue weighted by molar-refractivity contribution is 7.47. The number of allylic oxidation sites excluding steroid dienone is 13. The summed E-state index contributed by atoms with van der Waals surface area (Å²) in [7, 11) is 1.31. The van der Waals surface area contributed by atoms with E-state index < -0.39 is 38.6 Å². The lowest BCUT2D eigenvalue weighted by Gasteiger charge is -2.24. The molecule has 12 heteroatoms. The van der Waals surface area contributed by atoms with E-state index >= 15 is 0 Å². The molecular weight excluding hydrogens is 781 g/mol. The van der Waals surface area contributed by atoms with Gasteiger partial charge in [-0.15, -0.1) is 0 Å². The molecule has 1 unspecified atom stereocenters. The number of esters is 2. The Morgan fingerprint density at radius 3 is 1.95 bits per heavy atom. The molecule has 1 aliphatic rings. The fourth-order valence-electron chi connectivity index (χ4n) is 5.99. The third kappa shape index (κ3) is 31.7. The average molecular weight is 861 g/mol. The summed E-state index contributed by atoms with van der Waals surface area (Å²) in [5, 5.41) is 10.2. The molecule has 0 amide bonds. The molecule has 60 heavy (non-hydrogen) atoms. The van der Waals surface area contributed by atoms with Crippen molar-refractivity contribution in [3.63, 3.8) is 0 Å². The van der Waals surface area contributed by atoms with E-state index in [4.69, 9.17) is 18.5 Å². The number of carbonyl (C=O) groups is 3. The second-order valence-electron chi connectivity index (χ2n) is 16.4. The lowest BCUT2D eigenvalue weighted by molar-refractivity contribution is -0.870. The summed E-state index contributed by atoms with van der Waals surface area (Å²) in [6.07, 6.45) is 41.3. The predicted octanol–water partition coefficient (Wildman–Crippen LogP) is 10.4. The number of aliphatic hydroxyl groups is 1. The van der Waals surface area contributed by atoms with Crippen LogP contribution in [0.5, 0.6) is 0 Å². The van der Waals surface area contributed by atoms with Crippen LogP contribution in [0, 0.1) is 11.8 Å². The van der Waals surface area contributed by atoms with Gasteiger partial charge in [0.25, 0.3) is 0 Å². The molecule has 0 aromatic heterocycles. The fourth-order valence-corrected chi connectivity index (χ4v) is 6.74. The monoisotopic (exact) mass is 861 g/mol. The summed E-state index contributed by atoms with van der Waals surface area (Å²) in [5.41, 5.74) is 0. The van der Waals surface area contributed by atoms with Gasteiger partial charge in [-0.25, -0.2) is 4.57 Å². The van der Waals surface area contributed by atoms with E-state index in [9.17, 15) is 28.9 Å². The molecule has 340 valence electrons. The molecule has 2 N–H and O–H groups in total. The minimum absolute atomic E-state index is 0.0135. The number of ketones is 1. The Labute approximate surface area is 362 Å². The van der Waals surface area contributed by atoms with Crippen molar-refractivity contribution in [3.8, 4) is 0 Å². The van der Waals surface area contributed by atoms with Gasteiger partial charge in [0, 0.05) is 18.8 Å². The number of nitrogens with zero attached hydrogens (tertiary/aromatic N) is 1. The van der Waals surface area contributed by atoms with Crippen molar-refractivity contribution >= 4 is 25.5 Å². The van der Waals surface area contributed by atoms with Gasteiger partial charge < -0.3 is 24.0 Å². The van der Waals surface area contributed by atoms with Crippen molar-refractivity contribution in [2.24, 2.45) is 11.8 Å². The molecule has 0 saturated carbocycles. The zero-order valence-corrected chi connectivity index (χ0v) is 38.4. The van der Waals surface area contributed by atoms with E-state index in [-0.39, 0.29) is 43.7 Å². The molecule has 5 atom stereocenters. The van der Waals surface area contributed by atoms with Gasteiger partial charge >= 0.3 is 19.8 Å². The summed E-state index contributed by atoms with van der Waals surface area (Å²) >= 11 is 0. The maximum Gasteiger partial charge on any atom is 0.472 e. The van der Waals surface area contributed by atoms with E-state index in [0.717, 1.165) is 44.9 Å². The Bertz CT molecular complexity index is 1440. The first kappa shape index (κ1) is 54.8. The van der Waals surface area contributed by atoms with Gasteiger partial charge in [0.05, 0.1) is 33.9 Å². The first-order chi connectivity index (χ1) is 28.8. The standard InChI is InChI=1S/C48H78NO10P/c1-6-8-10-11-12-13-14-15-16-17-18-19-20-21-22-23-28-32-47(52)56-40-44(41-58-60(54,55)57-39-38-49(3,4)5)59-48(53)33-29-25-24-27-30-42-34-37-46(51)45(42)36-35-43(50)31-26-9-7-2/h12-13,15-16,18-19,21-22,24,27,34-37,42-45,50H,6-11,14,17,20,23,25-26,28-33,38-41H2,1-5H3/p+1/b13-12-,16-15-,19-18-,22-21-,27-24-,36-35+/t42-,43-,44+,45+/m0/s1. The van der Waals surface area contributed by atoms with Crippen LogP contribution in [0.1, 0.15) is 129 Å². The average Bonchev–Trinajstić information content (AvgIpc) is 3.55. The second kappa shape index (κ2) is 34.4. The maximum atomic E-state index is 12.8. The van der Waals surface area contributed by atoms with Gasteiger partial charge in [0.2, 0.25) is 0 Å². The number of phosphoric acid groups is 1. The number of hydrogen-bond donors (Lipinski definition) is 2. The maximum absolute atomic E-state index is 12.8. The summed E-state index contributed by atoms with van der Waals surface area (Å²) in [4.78, 5) is 47.9. The van der Waals surface area contributed by atoms with Gasteiger partial charge in [-0.1, -0.05) is 125 Å². The number of carbonyl (C=O) groups excluding carboxylic acids is 3. The minimum atomic E-state index is -4.45. The SMILES string of the molecule is CCCCC/C=C\C/C=C\C/C=C\C/C=C\CCCC(=O)OC[C@H](COP(=O)(O)OCC[N+](C)(C)C)OC(=O)CCC/C=C\C[C@H]1C=CC(=O)[C@@H]1/C=C/[C@@H](O)CCCCC. The van der Waals surface area contributed by atoms with Crippen molar-refractivity contribution in [1.29, 1.82) is 0 Å². The highest BCUT2D eigenvalue weighted by atomic mass is 31.2. The van der Waals surface area contributed by atoms with E-state index in [1.165, 1.54) is 19.3 Å². The second-order valence-corrected chi connectivity index (χ2v) is 17.8. The number of hydrogen-bond acceptors (Lipinski definition) is 9. The topological polar surface area (TPSA) is 146 Å². The minimum Gasteiger partial charge on any atom is -0.462 e. The first-order valence-corrected chi connectivity index (χ1v) is 23.9. The highest BCUT2D eigenvalue weighted by Crippen LogP contribution is 2.43. The van der Waals surface area contributed by atoms with Crippen LogP contribution in [0.4, 0.5) is 0 Å². The molecule has 0 fully saturated rings. The quantitative estimate of drug-likeness (QED) is 0.0205. The lowest BCUT2D eigenvalue weighted by atomic mass is 9.90. The summed E-state index contributed by atoms with van der Waals surface area (Å²) in [5.74, 6) is -1.27. The van der Waals surface area contributed by atoms with E-state index in [0.29, 0.717) is 49.6 Å². The summed E-state index contributed by atoms with van der Waals surface area (Å²) in [6.45, 7) is 3.97. The number of rotatable bonds is 36.